The molecule has 0 bridgehead atoms. The van der Waals surface area contributed by atoms with Crippen LogP contribution in [0.25, 0.3) is 0 Å². The molecule has 0 fully saturated rings. The van der Waals surface area contributed by atoms with Gasteiger partial charge >= 0.3 is 0 Å². The minimum absolute atomic E-state index is 0. The Morgan fingerprint density at radius 3 is 2.31 bits per heavy atom. The molecule has 0 unspecified atom stereocenters. The highest BCUT2D eigenvalue weighted by Crippen LogP contribution is 2.09. The summed E-state index contributed by atoms with van der Waals surface area (Å²) in [6, 6.07) is 17.2. The van der Waals surface area contributed by atoms with Gasteiger partial charge in [-0.05, 0) is 29.7 Å². The van der Waals surface area contributed by atoms with Crippen LogP contribution >= 0.6 is 24.0 Å². The predicted octanol–water partition coefficient (Wildman–Crippen LogP) is 2.71. The number of hydrogen-bond donors (Lipinski definition) is 3. The van der Waals surface area contributed by atoms with Crippen molar-refractivity contribution in [1.82, 2.24) is 4.72 Å². The van der Waals surface area contributed by atoms with Gasteiger partial charge in [0.1, 0.15) is 0 Å². The van der Waals surface area contributed by atoms with Gasteiger partial charge in [-0.15, -0.1) is 24.0 Å². The minimum atomic E-state index is -3.40. The molecule has 0 aromatic heterocycles. The fourth-order valence-corrected chi connectivity index (χ4v) is 3.02. The number of sulfonamides is 1. The maximum Gasteiger partial charge on any atom is 0.213 e. The quantitative estimate of drug-likeness (QED) is 0.303. The molecule has 26 heavy (non-hydrogen) atoms. The van der Waals surface area contributed by atoms with Gasteiger partial charge in [0.25, 0.3) is 0 Å². The summed E-state index contributed by atoms with van der Waals surface area (Å²) in [7, 11) is -3.40. The topological polar surface area (TPSA) is 96.6 Å². The van der Waals surface area contributed by atoms with Crippen molar-refractivity contribution in [3.8, 4) is 0 Å². The van der Waals surface area contributed by atoms with E-state index >= 15 is 0 Å². The first-order valence-electron chi connectivity index (χ1n) is 8.15. The van der Waals surface area contributed by atoms with E-state index in [1.54, 1.807) is 0 Å². The normalized spacial score (nSPS) is 11.7. The van der Waals surface area contributed by atoms with E-state index in [4.69, 9.17) is 5.73 Å². The van der Waals surface area contributed by atoms with Gasteiger partial charge in [0.05, 0.1) is 12.3 Å². The van der Waals surface area contributed by atoms with Gasteiger partial charge in [0.2, 0.25) is 10.0 Å². The van der Waals surface area contributed by atoms with Crippen molar-refractivity contribution in [1.29, 1.82) is 0 Å². The zero-order valence-electron chi connectivity index (χ0n) is 14.7. The van der Waals surface area contributed by atoms with Crippen molar-refractivity contribution in [2.75, 3.05) is 17.6 Å². The maximum absolute atomic E-state index is 12.0. The summed E-state index contributed by atoms with van der Waals surface area (Å²) in [4.78, 5) is 4.07. The van der Waals surface area contributed by atoms with Crippen LogP contribution in [-0.4, -0.2) is 26.7 Å². The van der Waals surface area contributed by atoms with Crippen molar-refractivity contribution >= 4 is 45.6 Å². The first-order chi connectivity index (χ1) is 12.0. The summed E-state index contributed by atoms with van der Waals surface area (Å²) in [5, 5.41) is 2.95. The monoisotopic (exact) mass is 488 g/mol. The Bertz CT molecular complexity index is 794. The molecule has 2 aromatic carbocycles. The summed E-state index contributed by atoms with van der Waals surface area (Å²) in [5.41, 5.74) is 8.76. The molecule has 142 valence electrons. The lowest BCUT2D eigenvalue weighted by atomic mass is 10.1. The average molecular weight is 488 g/mol. The number of anilines is 1. The van der Waals surface area contributed by atoms with Crippen molar-refractivity contribution in [3.63, 3.8) is 0 Å². The van der Waals surface area contributed by atoms with Crippen LogP contribution in [0, 0.1) is 0 Å². The third-order valence-electron chi connectivity index (χ3n) is 3.62. The molecule has 6 nitrogen and oxygen atoms in total. The van der Waals surface area contributed by atoms with E-state index in [9.17, 15) is 8.42 Å². The molecule has 8 heteroatoms. The average Bonchev–Trinajstić information content (AvgIpc) is 2.61. The molecule has 0 saturated heterocycles. The van der Waals surface area contributed by atoms with Gasteiger partial charge < -0.3 is 11.1 Å². The molecule has 2 aromatic rings. The first kappa shape index (κ1) is 22.4. The summed E-state index contributed by atoms with van der Waals surface area (Å²) < 4.78 is 26.5. The van der Waals surface area contributed by atoms with Crippen LogP contribution in [0.2, 0.25) is 0 Å². The summed E-state index contributed by atoms with van der Waals surface area (Å²) >= 11 is 0. The summed E-state index contributed by atoms with van der Waals surface area (Å²) in [5.74, 6) is 0.0827. The molecule has 0 atom stereocenters. The zero-order chi connectivity index (χ0) is 18.1. The molecule has 0 aliphatic rings. The smallest absolute Gasteiger partial charge is 0.213 e. The number of rotatable bonds is 8. The van der Waals surface area contributed by atoms with Crippen molar-refractivity contribution < 1.29 is 8.42 Å². The van der Waals surface area contributed by atoms with Gasteiger partial charge in [-0.2, -0.15) is 0 Å². The van der Waals surface area contributed by atoms with E-state index in [2.05, 4.69) is 22.0 Å². The van der Waals surface area contributed by atoms with Crippen LogP contribution < -0.4 is 15.8 Å². The van der Waals surface area contributed by atoms with E-state index < -0.39 is 10.0 Å². The van der Waals surface area contributed by atoms with Gasteiger partial charge in [0.15, 0.2) is 5.96 Å². The van der Waals surface area contributed by atoms with E-state index in [-0.39, 0.29) is 48.8 Å². The Kier molecular flexibility index (Phi) is 9.60. The highest BCUT2D eigenvalue weighted by molar-refractivity contribution is 14.0. The Morgan fingerprint density at radius 2 is 1.69 bits per heavy atom. The number of hydrogen-bond acceptors (Lipinski definition) is 3. The highest BCUT2D eigenvalue weighted by Gasteiger charge is 2.09. The molecule has 0 radical (unpaired) electrons. The fraction of sp³-hybridized carbons (Fsp3) is 0.278. The van der Waals surface area contributed by atoms with E-state index in [1.165, 1.54) is 5.56 Å². The molecule has 0 aliphatic heterocycles. The van der Waals surface area contributed by atoms with Crippen LogP contribution in [-0.2, 0) is 23.0 Å². The second kappa shape index (κ2) is 11.1. The largest absolute Gasteiger partial charge is 0.370 e. The first-order valence-corrected chi connectivity index (χ1v) is 9.81. The third kappa shape index (κ3) is 8.15. The SMILES string of the molecule is CCc1ccc(NC(N)=NCCS(=O)(=O)NCc2ccccc2)cc1.I. The number of nitrogens with two attached hydrogens (primary N) is 1. The fourth-order valence-electron chi connectivity index (χ4n) is 2.16. The molecule has 0 saturated carbocycles. The van der Waals surface area contributed by atoms with Crippen LogP contribution in [0.5, 0.6) is 0 Å². The Balaban J connectivity index is 0.00000338. The molecular weight excluding hydrogens is 463 g/mol. The molecular formula is C18H25IN4O2S. The molecule has 0 spiro atoms. The minimum Gasteiger partial charge on any atom is -0.370 e. The van der Waals surface area contributed by atoms with Crippen LogP contribution in [0.1, 0.15) is 18.1 Å². The maximum atomic E-state index is 12.0. The molecule has 0 heterocycles. The molecule has 0 amide bonds. The number of halogens is 1. The lowest BCUT2D eigenvalue weighted by Crippen LogP contribution is -2.28. The van der Waals surface area contributed by atoms with Gasteiger partial charge in [-0.3, -0.25) is 4.99 Å². The second-order valence-corrected chi connectivity index (χ2v) is 7.49. The van der Waals surface area contributed by atoms with Crippen molar-refractivity contribution in [2.24, 2.45) is 10.7 Å². The molecule has 2 rings (SSSR count). The van der Waals surface area contributed by atoms with E-state index in [1.807, 2.05) is 54.6 Å². The van der Waals surface area contributed by atoms with E-state index in [0.717, 1.165) is 17.7 Å². The number of nitrogens with zero attached hydrogens (tertiary/aromatic N) is 1. The van der Waals surface area contributed by atoms with Gasteiger partial charge in [-0.1, -0.05) is 49.4 Å². The summed E-state index contributed by atoms with van der Waals surface area (Å²) in [6.07, 6.45) is 0.970. The van der Waals surface area contributed by atoms with Crippen molar-refractivity contribution in [2.45, 2.75) is 19.9 Å². The molecule has 4 N–H and O–H groups in total. The lowest BCUT2D eigenvalue weighted by molar-refractivity contribution is 0.581. The predicted molar refractivity (Wildman–Crippen MR) is 118 cm³/mol. The molecule has 0 aliphatic carbocycles. The zero-order valence-corrected chi connectivity index (χ0v) is 17.8. The van der Waals surface area contributed by atoms with Gasteiger partial charge in [0, 0.05) is 12.2 Å². The second-order valence-electron chi connectivity index (χ2n) is 5.57. The van der Waals surface area contributed by atoms with E-state index in [0.29, 0.717) is 0 Å². The number of guanidine groups is 1. The van der Waals surface area contributed by atoms with Crippen LogP contribution in [0.3, 0.4) is 0 Å². The van der Waals surface area contributed by atoms with Crippen LogP contribution in [0.4, 0.5) is 5.69 Å². The summed E-state index contributed by atoms with van der Waals surface area (Å²) in [6.45, 7) is 2.45. The Hall–Kier alpha value is -1.65. The van der Waals surface area contributed by atoms with Crippen LogP contribution in [0.15, 0.2) is 59.6 Å². The lowest BCUT2D eigenvalue weighted by Gasteiger charge is -2.07. The Labute approximate surface area is 172 Å². The number of aliphatic imine (C=N–C) groups is 1. The Morgan fingerprint density at radius 1 is 1.04 bits per heavy atom. The highest BCUT2D eigenvalue weighted by atomic mass is 127. The number of benzene rings is 2. The third-order valence-corrected chi connectivity index (χ3v) is 4.92. The standard InChI is InChI=1S/C18H24N4O2S.HI/c1-2-15-8-10-17(11-9-15)22-18(19)20-12-13-25(23,24)21-14-16-6-4-3-5-7-16;/h3-11,21H,2,12-14H2,1H3,(H3,19,20,22);1H. The number of nitrogens with one attached hydrogen (secondary N) is 2. The van der Waals surface area contributed by atoms with Gasteiger partial charge in [-0.25, -0.2) is 13.1 Å². The van der Waals surface area contributed by atoms with Crippen molar-refractivity contribution in [3.05, 3.63) is 65.7 Å². The number of aryl methyl sites for hydroxylation is 1.